The maximum Gasteiger partial charge on any atom is 0.150 e. The van der Waals surface area contributed by atoms with Gasteiger partial charge in [0.2, 0.25) is 0 Å². The molecule has 1 saturated carbocycles. The molecule has 1 aromatic carbocycles. The fraction of sp³-hybridized carbons (Fsp3) is 0.571. The van der Waals surface area contributed by atoms with Gasteiger partial charge in [0.1, 0.15) is 9.84 Å². The zero-order valence-corrected chi connectivity index (χ0v) is 13.0. The third-order valence-electron chi connectivity index (χ3n) is 4.09. The van der Waals surface area contributed by atoms with Crippen LogP contribution in [0.3, 0.4) is 0 Å². The summed E-state index contributed by atoms with van der Waals surface area (Å²) in [7, 11) is -3.05. The molecule has 1 aliphatic carbocycles. The summed E-state index contributed by atoms with van der Waals surface area (Å²) in [6, 6.07) is 5.01. The normalized spacial score (nSPS) is 25.4. The average Bonchev–Trinajstić information content (AvgIpc) is 2.37. The SMILES string of the molecule is CS(=O)(=O)C1CCCC(C(O)c2ccc(Cl)cc2N)C1. The summed E-state index contributed by atoms with van der Waals surface area (Å²) in [6.07, 6.45) is 3.32. The molecule has 0 spiro atoms. The van der Waals surface area contributed by atoms with E-state index in [-0.39, 0.29) is 11.2 Å². The Morgan fingerprint density at radius 2 is 2.10 bits per heavy atom. The van der Waals surface area contributed by atoms with Crippen LogP contribution in [-0.2, 0) is 9.84 Å². The van der Waals surface area contributed by atoms with Gasteiger partial charge in [0.25, 0.3) is 0 Å². The summed E-state index contributed by atoms with van der Waals surface area (Å²) in [6.45, 7) is 0. The van der Waals surface area contributed by atoms with E-state index in [2.05, 4.69) is 0 Å². The lowest BCUT2D eigenvalue weighted by molar-refractivity contribution is 0.0863. The van der Waals surface area contributed by atoms with Crippen LogP contribution in [0.2, 0.25) is 5.02 Å². The van der Waals surface area contributed by atoms with Crippen molar-refractivity contribution < 1.29 is 13.5 Å². The smallest absolute Gasteiger partial charge is 0.150 e. The van der Waals surface area contributed by atoms with Crippen LogP contribution in [0.15, 0.2) is 18.2 Å². The van der Waals surface area contributed by atoms with Gasteiger partial charge in [0.15, 0.2) is 0 Å². The number of rotatable bonds is 3. The molecule has 2 rings (SSSR count). The Balaban J connectivity index is 2.18. The number of hydrogen-bond acceptors (Lipinski definition) is 4. The van der Waals surface area contributed by atoms with E-state index in [0.29, 0.717) is 29.1 Å². The number of aliphatic hydroxyl groups is 1. The summed E-state index contributed by atoms with van der Waals surface area (Å²) in [5.41, 5.74) is 6.97. The Bertz CT molecular complexity index is 588. The standard InChI is InChI=1S/C14H20ClNO3S/c1-20(18,19)11-4-2-3-9(7-11)14(17)12-6-5-10(15)8-13(12)16/h5-6,8-9,11,14,17H,2-4,7,16H2,1H3. The van der Waals surface area contributed by atoms with E-state index in [1.807, 2.05) is 0 Å². The molecular formula is C14H20ClNO3S. The van der Waals surface area contributed by atoms with Crippen LogP contribution in [0.1, 0.15) is 37.4 Å². The molecule has 1 aliphatic rings. The van der Waals surface area contributed by atoms with E-state index in [1.54, 1.807) is 18.2 Å². The van der Waals surface area contributed by atoms with Gasteiger partial charge in [-0.3, -0.25) is 0 Å². The number of halogens is 1. The summed E-state index contributed by atoms with van der Waals surface area (Å²) >= 11 is 5.85. The molecule has 20 heavy (non-hydrogen) atoms. The van der Waals surface area contributed by atoms with Crippen molar-refractivity contribution in [1.29, 1.82) is 0 Å². The van der Waals surface area contributed by atoms with E-state index in [4.69, 9.17) is 17.3 Å². The highest BCUT2D eigenvalue weighted by molar-refractivity contribution is 7.91. The first-order valence-electron chi connectivity index (χ1n) is 6.71. The van der Waals surface area contributed by atoms with Crippen molar-refractivity contribution in [3.63, 3.8) is 0 Å². The molecule has 3 N–H and O–H groups in total. The first-order valence-corrected chi connectivity index (χ1v) is 9.04. The molecule has 0 aromatic heterocycles. The molecule has 0 radical (unpaired) electrons. The summed E-state index contributed by atoms with van der Waals surface area (Å²) in [5.74, 6) is -0.0769. The van der Waals surface area contributed by atoms with Crippen LogP contribution >= 0.6 is 11.6 Å². The van der Waals surface area contributed by atoms with Crippen molar-refractivity contribution >= 4 is 27.1 Å². The van der Waals surface area contributed by atoms with Crippen LogP contribution in [0.25, 0.3) is 0 Å². The third-order valence-corrected chi connectivity index (χ3v) is 5.96. The van der Waals surface area contributed by atoms with Crippen LogP contribution in [-0.4, -0.2) is 25.0 Å². The molecule has 4 nitrogen and oxygen atoms in total. The number of aliphatic hydroxyl groups excluding tert-OH is 1. The molecule has 0 bridgehead atoms. The van der Waals surface area contributed by atoms with Gasteiger partial charge in [0.05, 0.1) is 11.4 Å². The molecule has 0 heterocycles. The molecule has 0 aliphatic heterocycles. The van der Waals surface area contributed by atoms with Crippen LogP contribution < -0.4 is 5.73 Å². The molecule has 3 atom stereocenters. The molecule has 1 fully saturated rings. The highest BCUT2D eigenvalue weighted by Gasteiger charge is 2.33. The third kappa shape index (κ3) is 3.45. The zero-order chi connectivity index (χ0) is 14.9. The molecule has 0 amide bonds. The number of anilines is 1. The molecular weight excluding hydrogens is 298 g/mol. The van der Waals surface area contributed by atoms with Gasteiger partial charge in [-0.2, -0.15) is 0 Å². The second kappa shape index (κ2) is 5.92. The van der Waals surface area contributed by atoms with E-state index in [9.17, 15) is 13.5 Å². The van der Waals surface area contributed by atoms with Crippen molar-refractivity contribution in [1.82, 2.24) is 0 Å². The molecule has 1 aromatic rings. The second-order valence-electron chi connectivity index (χ2n) is 5.60. The minimum Gasteiger partial charge on any atom is -0.398 e. The van der Waals surface area contributed by atoms with Crippen molar-refractivity contribution in [2.75, 3.05) is 12.0 Å². The largest absolute Gasteiger partial charge is 0.398 e. The van der Waals surface area contributed by atoms with Crippen LogP contribution in [0.5, 0.6) is 0 Å². The Morgan fingerprint density at radius 1 is 1.40 bits per heavy atom. The average molecular weight is 318 g/mol. The van der Waals surface area contributed by atoms with E-state index in [1.165, 1.54) is 6.26 Å². The lowest BCUT2D eigenvalue weighted by atomic mass is 9.82. The molecule has 6 heteroatoms. The highest BCUT2D eigenvalue weighted by atomic mass is 35.5. The predicted molar refractivity (Wildman–Crippen MR) is 81.4 cm³/mol. The van der Waals surface area contributed by atoms with Crippen molar-refractivity contribution in [3.8, 4) is 0 Å². The van der Waals surface area contributed by atoms with E-state index >= 15 is 0 Å². The van der Waals surface area contributed by atoms with Crippen LogP contribution in [0.4, 0.5) is 5.69 Å². The van der Waals surface area contributed by atoms with Gasteiger partial charge in [-0.1, -0.05) is 24.1 Å². The predicted octanol–water partition coefficient (Wildman–Crippen LogP) is 2.56. The lowest BCUT2D eigenvalue weighted by Crippen LogP contribution is -2.30. The first-order chi connectivity index (χ1) is 9.29. The van der Waals surface area contributed by atoms with Gasteiger partial charge in [-0.25, -0.2) is 8.42 Å². The Kier molecular flexibility index (Phi) is 4.62. The fourth-order valence-electron chi connectivity index (χ4n) is 2.93. The minimum absolute atomic E-state index is 0.0769. The molecule has 3 unspecified atom stereocenters. The number of nitrogen functional groups attached to an aromatic ring is 1. The van der Waals surface area contributed by atoms with Crippen LogP contribution in [0, 0.1) is 5.92 Å². The zero-order valence-electron chi connectivity index (χ0n) is 11.4. The monoisotopic (exact) mass is 317 g/mol. The van der Waals surface area contributed by atoms with Gasteiger partial charge < -0.3 is 10.8 Å². The topological polar surface area (TPSA) is 80.4 Å². The van der Waals surface area contributed by atoms with Crippen molar-refractivity contribution in [3.05, 3.63) is 28.8 Å². The Hall–Kier alpha value is -0.780. The maximum absolute atomic E-state index is 11.7. The first kappa shape index (κ1) is 15.6. The van der Waals surface area contributed by atoms with Gasteiger partial charge >= 0.3 is 0 Å². The quantitative estimate of drug-likeness (QED) is 0.840. The summed E-state index contributed by atoms with van der Waals surface area (Å²) < 4.78 is 23.4. The Labute approximate surface area is 124 Å². The van der Waals surface area contributed by atoms with E-state index < -0.39 is 15.9 Å². The number of sulfone groups is 1. The Morgan fingerprint density at radius 3 is 2.70 bits per heavy atom. The van der Waals surface area contributed by atoms with Gasteiger partial charge in [0, 0.05) is 22.5 Å². The minimum atomic E-state index is -3.05. The second-order valence-corrected chi connectivity index (χ2v) is 8.36. The number of benzene rings is 1. The van der Waals surface area contributed by atoms with E-state index in [0.717, 1.165) is 12.8 Å². The lowest BCUT2D eigenvalue weighted by Gasteiger charge is -2.31. The summed E-state index contributed by atoms with van der Waals surface area (Å²) in [5, 5.41) is 10.6. The highest BCUT2D eigenvalue weighted by Crippen LogP contribution is 2.38. The summed E-state index contributed by atoms with van der Waals surface area (Å²) in [4.78, 5) is 0. The van der Waals surface area contributed by atoms with Gasteiger partial charge in [-0.15, -0.1) is 0 Å². The van der Waals surface area contributed by atoms with Crippen molar-refractivity contribution in [2.24, 2.45) is 5.92 Å². The maximum atomic E-state index is 11.7. The van der Waals surface area contributed by atoms with Crippen molar-refractivity contribution in [2.45, 2.75) is 37.0 Å². The number of nitrogens with two attached hydrogens (primary N) is 1. The van der Waals surface area contributed by atoms with Gasteiger partial charge in [-0.05, 0) is 37.3 Å². The molecule has 0 saturated heterocycles. The fourth-order valence-corrected chi connectivity index (χ4v) is 4.30. The molecule has 112 valence electrons. The number of hydrogen-bond donors (Lipinski definition) is 2.